The van der Waals surface area contributed by atoms with Crippen LogP contribution in [0.2, 0.25) is 0 Å². The molecule has 2 heterocycles. The first kappa shape index (κ1) is 20.5. The number of rotatable bonds is 7. The number of aryl methyl sites for hydroxylation is 1. The molecule has 2 aromatic rings. The number of hydrogen-bond acceptors (Lipinski definition) is 4. The Balaban J connectivity index is 1.57. The number of nitrogens with zero attached hydrogens (tertiary/aromatic N) is 3. The minimum Gasteiger partial charge on any atom is -0.311 e. The molecule has 0 spiro atoms. The topological polar surface area (TPSA) is 84.3 Å². The zero-order chi connectivity index (χ0) is 20.1. The number of amides is 1. The van der Waals surface area contributed by atoms with Crippen LogP contribution in [0.1, 0.15) is 51.1 Å². The number of benzene rings is 1. The van der Waals surface area contributed by atoms with Gasteiger partial charge in [-0.25, -0.2) is 13.1 Å². The van der Waals surface area contributed by atoms with Crippen LogP contribution in [0.4, 0.5) is 5.82 Å². The summed E-state index contributed by atoms with van der Waals surface area (Å²) in [5.41, 5.74) is 0.935. The quantitative estimate of drug-likeness (QED) is 0.768. The SMILES string of the molecule is CC(C)n1nccc1NC(=O)CCc1ccc(S(=O)(=O)N2CCCCC2)cc1. The molecule has 1 aromatic heterocycles. The lowest BCUT2D eigenvalue weighted by atomic mass is 10.1. The third-order valence-corrected chi connectivity index (χ3v) is 6.86. The molecule has 0 saturated carbocycles. The van der Waals surface area contributed by atoms with Crippen LogP contribution < -0.4 is 5.32 Å². The molecule has 0 radical (unpaired) electrons. The molecule has 8 heteroatoms. The Kier molecular flexibility index (Phi) is 6.51. The normalized spacial score (nSPS) is 15.7. The highest BCUT2D eigenvalue weighted by molar-refractivity contribution is 7.89. The van der Waals surface area contributed by atoms with Gasteiger partial charge in [0.1, 0.15) is 5.82 Å². The van der Waals surface area contributed by atoms with Crippen LogP contribution in [-0.4, -0.2) is 41.5 Å². The Morgan fingerprint density at radius 2 is 1.79 bits per heavy atom. The minimum atomic E-state index is -3.41. The summed E-state index contributed by atoms with van der Waals surface area (Å²) in [6, 6.07) is 8.82. The lowest BCUT2D eigenvalue weighted by Gasteiger charge is -2.25. The summed E-state index contributed by atoms with van der Waals surface area (Å²) in [4.78, 5) is 12.6. The fourth-order valence-electron chi connectivity index (χ4n) is 3.37. The molecule has 1 aliphatic heterocycles. The maximum Gasteiger partial charge on any atom is 0.243 e. The first-order chi connectivity index (χ1) is 13.4. The average Bonchev–Trinajstić information content (AvgIpc) is 3.16. The van der Waals surface area contributed by atoms with Gasteiger partial charge in [0.25, 0.3) is 0 Å². The van der Waals surface area contributed by atoms with Crippen molar-refractivity contribution in [2.75, 3.05) is 18.4 Å². The Morgan fingerprint density at radius 3 is 2.43 bits per heavy atom. The Bertz CT molecular complexity index is 898. The van der Waals surface area contributed by atoms with Crippen molar-refractivity contribution < 1.29 is 13.2 Å². The van der Waals surface area contributed by atoms with Crippen molar-refractivity contribution in [3.8, 4) is 0 Å². The van der Waals surface area contributed by atoms with E-state index in [9.17, 15) is 13.2 Å². The Labute approximate surface area is 166 Å². The number of carbonyl (C=O) groups excluding carboxylic acids is 1. The highest BCUT2D eigenvalue weighted by Gasteiger charge is 2.25. The second-order valence-electron chi connectivity index (χ2n) is 7.41. The number of carbonyl (C=O) groups is 1. The Morgan fingerprint density at radius 1 is 1.11 bits per heavy atom. The van der Waals surface area contributed by atoms with Crippen molar-refractivity contribution in [2.45, 2.75) is 56.9 Å². The van der Waals surface area contributed by atoms with Crippen LogP contribution in [-0.2, 0) is 21.2 Å². The maximum atomic E-state index is 12.7. The van der Waals surface area contributed by atoms with Crippen LogP contribution in [0.15, 0.2) is 41.4 Å². The molecular weight excluding hydrogens is 376 g/mol. The van der Waals surface area contributed by atoms with Crippen LogP contribution in [0.5, 0.6) is 0 Å². The summed E-state index contributed by atoms with van der Waals surface area (Å²) in [5.74, 6) is 0.593. The van der Waals surface area contributed by atoms with E-state index in [-0.39, 0.29) is 11.9 Å². The average molecular weight is 405 g/mol. The number of aromatic nitrogens is 2. The molecule has 1 amide bonds. The lowest BCUT2D eigenvalue weighted by molar-refractivity contribution is -0.116. The maximum absolute atomic E-state index is 12.7. The number of sulfonamides is 1. The molecule has 0 aliphatic carbocycles. The number of hydrogen-bond donors (Lipinski definition) is 1. The van der Waals surface area contributed by atoms with Gasteiger partial charge >= 0.3 is 0 Å². The van der Waals surface area contributed by atoms with E-state index in [4.69, 9.17) is 0 Å². The third kappa shape index (κ3) is 4.80. The van der Waals surface area contributed by atoms with E-state index < -0.39 is 10.0 Å². The molecule has 1 aromatic carbocycles. The number of piperidine rings is 1. The minimum absolute atomic E-state index is 0.0904. The van der Waals surface area contributed by atoms with Gasteiger partial charge in [0, 0.05) is 31.6 Å². The summed E-state index contributed by atoms with van der Waals surface area (Å²) in [5, 5.41) is 7.08. The van der Waals surface area contributed by atoms with E-state index in [0.29, 0.717) is 36.6 Å². The zero-order valence-electron chi connectivity index (χ0n) is 16.5. The third-order valence-electron chi connectivity index (χ3n) is 4.94. The van der Waals surface area contributed by atoms with E-state index in [0.717, 1.165) is 24.8 Å². The van der Waals surface area contributed by atoms with Crippen molar-refractivity contribution in [2.24, 2.45) is 0 Å². The summed E-state index contributed by atoms with van der Waals surface area (Å²) < 4.78 is 28.7. The summed E-state index contributed by atoms with van der Waals surface area (Å²) in [7, 11) is -3.41. The predicted molar refractivity (Wildman–Crippen MR) is 109 cm³/mol. The zero-order valence-corrected chi connectivity index (χ0v) is 17.3. The molecule has 0 bridgehead atoms. The van der Waals surface area contributed by atoms with Gasteiger partial charge < -0.3 is 5.32 Å². The molecule has 1 saturated heterocycles. The molecule has 1 N–H and O–H groups in total. The van der Waals surface area contributed by atoms with Crippen molar-refractivity contribution in [1.82, 2.24) is 14.1 Å². The van der Waals surface area contributed by atoms with Gasteiger partial charge in [0.15, 0.2) is 0 Å². The van der Waals surface area contributed by atoms with Crippen LogP contribution in [0.25, 0.3) is 0 Å². The van der Waals surface area contributed by atoms with E-state index in [1.54, 1.807) is 45.5 Å². The standard InChI is InChI=1S/C20H28N4O3S/c1-16(2)24-19(12-13-21-24)22-20(25)11-8-17-6-9-18(10-7-17)28(26,27)23-14-4-3-5-15-23/h6-7,9-10,12-13,16H,3-5,8,11,14-15H2,1-2H3,(H,22,25). The molecule has 3 rings (SSSR count). The summed E-state index contributed by atoms with van der Waals surface area (Å²) in [6.07, 6.45) is 5.46. The Hall–Kier alpha value is -2.19. The molecule has 1 fully saturated rings. The van der Waals surface area contributed by atoms with Crippen LogP contribution in [0, 0.1) is 0 Å². The number of anilines is 1. The summed E-state index contributed by atoms with van der Waals surface area (Å²) in [6.45, 7) is 5.19. The smallest absolute Gasteiger partial charge is 0.243 e. The number of nitrogens with one attached hydrogen (secondary N) is 1. The second kappa shape index (κ2) is 8.87. The van der Waals surface area contributed by atoms with Crippen molar-refractivity contribution in [3.05, 3.63) is 42.1 Å². The van der Waals surface area contributed by atoms with Gasteiger partial charge in [0.2, 0.25) is 15.9 Å². The lowest BCUT2D eigenvalue weighted by Crippen LogP contribution is -2.35. The van der Waals surface area contributed by atoms with Gasteiger partial charge in [-0.15, -0.1) is 0 Å². The van der Waals surface area contributed by atoms with Crippen LogP contribution >= 0.6 is 0 Å². The molecule has 1 aliphatic rings. The van der Waals surface area contributed by atoms with E-state index in [1.165, 1.54) is 0 Å². The van der Waals surface area contributed by atoms with Crippen molar-refractivity contribution in [1.29, 1.82) is 0 Å². The monoisotopic (exact) mass is 404 g/mol. The van der Waals surface area contributed by atoms with Crippen LogP contribution in [0.3, 0.4) is 0 Å². The predicted octanol–water partition coefficient (Wildman–Crippen LogP) is 3.21. The van der Waals surface area contributed by atoms with Gasteiger partial charge in [-0.2, -0.15) is 9.40 Å². The summed E-state index contributed by atoms with van der Waals surface area (Å²) >= 11 is 0. The molecule has 7 nitrogen and oxygen atoms in total. The molecular formula is C20H28N4O3S. The fourth-order valence-corrected chi connectivity index (χ4v) is 4.89. The molecule has 0 atom stereocenters. The molecule has 28 heavy (non-hydrogen) atoms. The highest BCUT2D eigenvalue weighted by Crippen LogP contribution is 2.21. The highest BCUT2D eigenvalue weighted by atomic mass is 32.2. The van der Waals surface area contributed by atoms with E-state index >= 15 is 0 Å². The fraction of sp³-hybridized carbons (Fsp3) is 0.500. The van der Waals surface area contributed by atoms with E-state index in [1.807, 2.05) is 13.8 Å². The van der Waals surface area contributed by atoms with Crippen molar-refractivity contribution in [3.63, 3.8) is 0 Å². The second-order valence-corrected chi connectivity index (χ2v) is 9.35. The largest absolute Gasteiger partial charge is 0.311 e. The van der Waals surface area contributed by atoms with Gasteiger partial charge in [-0.1, -0.05) is 18.6 Å². The van der Waals surface area contributed by atoms with E-state index in [2.05, 4.69) is 10.4 Å². The van der Waals surface area contributed by atoms with Gasteiger partial charge in [-0.05, 0) is 50.8 Å². The molecule has 0 unspecified atom stereocenters. The van der Waals surface area contributed by atoms with Gasteiger partial charge in [0.05, 0.1) is 11.1 Å². The van der Waals surface area contributed by atoms with Gasteiger partial charge in [-0.3, -0.25) is 4.79 Å². The first-order valence-corrected chi connectivity index (χ1v) is 11.2. The molecule has 152 valence electrons. The van der Waals surface area contributed by atoms with Crippen molar-refractivity contribution >= 4 is 21.7 Å². The first-order valence-electron chi connectivity index (χ1n) is 9.80.